The van der Waals surface area contributed by atoms with E-state index in [1.165, 1.54) is 6.42 Å². The fraction of sp³-hybridized carbons (Fsp3) is 0.633. The molecule has 11 nitrogen and oxygen atoms in total. The Bertz CT molecular complexity index is 1300. The maximum atomic E-state index is 14.1. The van der Waals surface area contributed by atoms with Crippen LogP contribution < -0.4 is 16.0 Å². The Morgan fingerprint density at radius 2 is 1.78 bits per heavy atom. The molecule has 0 spiro atoms. The number of hydrogen-bond donors (Lipinski definition) is 6. The first-order valence-electron chi connectivity index (χ1n) is 14.5. The maximum absolute atomic E-state index is 14.1. The number of nitrogens with zero attached hydrogens (tertiary/aromatic N) is 2. The number of amides is 1. The molecule has 2 saturated carbocycles. The number of primary amides is 1. The van der Waals surface area contributed by atoms with E-state index < -0.39 is 58.7 Å². The average Bonchev–Trinajstić information content (AvgIpc) is 2.90. The number of phenols is 1. The van der Waals surface area contributed by atoms with Crippen molar-refractivity contribution >= 4 is 23.2 Å². The van der Waals surface area contributed by atoms with Crippen molar-refractivity contribution in [2.45, 2.75) is 75.3 Å². The van der Waals surface area contributed by atoms with Gasteiger partial charge in [0.25, 0.3) is 0 Å². The number of nitrogens with two attached hydrogens (primary N) is 1. The van der Waals surface area contributed by atoms with Crippen molar-refractivity contribution in [3.05, 3.63) is 34.1 Å². The van der Waals surface area contributed by atoms with Crippen LogP contribution in [0.25, 0.3) is 0 Å². The lowest BCUT2D eigenvalue weighted by Crippen LogP contribution is -2.71. The first kappa shape index (κ1) is 29.5. The third-order valence-corrected chi connectivity index (χ3v) is 9.82. The summed E-state index contributed by atoms with van der Waals surface area (Å²) < 4.78 is 0. The Kier molecular flexibility index (Phi) is 7.69. The number of carbonyl (C=O) groups excluding carboxylic acids is 3. The van der Waals surface area contributed by atoms with Crippen LogP contribution in [0.4, 0.5) is 5.69 Å². The number of carbonyl (C=O) groups is 3. The topological polar surface area (TPSA) is 177 Å². The molecule has 2 fully saturated rings. The first-order valence-corrected chi connectivity index (χ1v) is 14.5. The Morgan fingerprint density at radius 3 is 2.37 bits per heavy atom. The van der Waals surface area contributed by atoms with Crippen molar-refractivity contribution in [3.63, 3.8) is 0 Å². The van der Waals surface area contributed by atoms with Gasteiger partial charge in [0.2, 0.25) is 5.91 Å². The van der Waals surface area contributed by atoms with Gasteiger partial charge in [-0.05, 0) is 57.3 Å². The van der Waals surface area contributed by atoms with Crippen LogP contribution in [0.2, 0.25) is 0 Å². The molecule has 1 amide bonds. The first-order chi connectivity index (χ1) is 19.3. The number of rotatable bonds is 6. The van der Waals surface area contributed by atoms with Gasteiger partial charge in [0.1, 0.15) is 17.4 Å². The number of likely N-dealkylation sites (N-methyl/N-ethyl adjacent to an activating group) is 1. The quantitative estimate of drug-likeness (QED) is 0.268. The van der Waals surface area contributed by atoms with Crippen molar-refractivity contribution in [3.8, 4) is 5.75 Å². The molecule has 0 heterocycles. The number of nitrogens with one attached hydrogen (secondary N) is 1. The fourth-order valence-corrected chi connectivity index (χ4v) is 7.80. The Morgan fingerprint density at radius 1 is 1.12 bits per heavy atom. The van der Waals surface area contributed by atoms with E-state index in [1.54, 1.807) is 19.0 Å². The zero-order valence-corrected chi connectivity index (χ0v) is 24.2. The Balaban J connectivity index is 1.62. The molecule has 4 aliphatic carbocycles. The minimum atomic E-state index is -2.59. The Labute approximate surface area is 240 Å². The SMILES string of the molecule is CN(C)c1cc(CNC2CCCCC2)c(O)c2c1C[C@H]1C[C@H]3C(N(C)C)C(O)C(C(N)=O)C(=O)[C@@]3(O)C(O)=C1C2=O. The second kappa shape index (κ2) is 10.7. The average molecular weight is 571 g/mol. The summed E-state index contributed by atoms with van der Waals surface area (Å²) in [4.78, 5) is 43.4. The number of aliphatic hydroxyl groups is 3. The molecule has 1 aromatic rings. The molecule has 0 aromatic heterocycles. The number of hydrogen-bond acceptors (Lipinski definition) is 10. The number of phenolic OH excluding ortho intramolecular Hbond substituents is 1. The molecule has 0 bridgehead atoms. The molecule has 6 atom stereocenters. The van der Waals surface area contributed by atoms with Crippen molar-refractivity contribution in [1.29, 1.82) is 0 Å². The number of anilines is 1. The third-order valence-electron chi connectivity index (χ3n) is 9.82. The predicted octanol–water partition coefficient (Wildman–Crippen LogP) is 0.774. The van der Waals surface area contributed by atoms with Gasteiger partial charge in [-0.3, -0.25) is 14.4 Å². The summed E-state index contributed by atoms with van der Waals surface area (Å²) in [5, 5.41) is 49.4. The standard InChI is InChI=1S/C30H42N4O7/c1-33(2)19-12-15(13-32-16-8-6-5-7-9-16)24(35)21-17(19)10-14-11-18-23(34(3)4)26(37)22(29(31)40)28(39)30(18,41)27(38)20(14)25(21)36/h12,14,16,18,22-23,26,32,35,37-38,41H,5-11,13H2,1-4H3,(H2,31,40)/t14-,18-,22?,23?,26?,30-/m0/s1. The molecule has 7 N–H and O–H groups in total. The summed E-state index contributed by atoms with van der Waals surface area (Å²) in [5.41, 5.74) is 4.73. The van der Waals surface area contributed by atoms with Crippen molar-refractivity contribution < 1.29 is 34.8 Å². The van der Waals surface area contributed by atoms with Gasteiger partial charge in [-0.25, -0.2) is 0 Å². The van der Waals surface area contributed by atoms with E-state index in [4.69, 9.17) is 5.73 Å². The molecule has 3 unspecified atom stereocenters. The summed E-state index contributed by atoms with van der Waals surface area (Å²) in [6.45, 7) is 0.361. The van der Waals surface area contributed by atoms with Crippen LogP contribution in [0.1, 0.15) is 60.0 Å². The molecular formula is C30H42N4O7. The minimum absolute atomic E-state index is 0.0513. The molecule has 11 heteroatoms. The molecule has 0 saturated heterocycles. The van der Waals surface area contributed by atoms with E-state index >= 15 is 0 Å². The lowest BCUT2D eigenvalue weighted by molar-refractivity contribution is -0.178. The van der Waals surface area contributed by atoms with Gasteiger partial charge in [0.15, 0.2) is 17.2 Å². The van der Waals surface area contributed by atoms with E-state index in [9.17, 15) is 34.8 Å². The van der Waals surface area contributed by atoms with Crippen LogP contribution in [0, 0.1) is 17.8 Å². The second-order valence-corrected chi connectivity index (χ2v) is 12.7. The third kappa shape index (κ3) is 4.54. The van der Waals surface area contributed by atoms with E-state index in [1.807, 2.05) is 25.1 Å². The number of allylic oxidation sites excluding steroid dienone is 1. The smallest absolute Gasteiger partial charge is 0.230 e. The zero-order valence-electron chi connectivity index (χ0n) is 24.2. The van der Waals surface area contributed by atoms with Gasteiger partial charge in [-0.1, -0.05) is 19.3 Å². The lowest BCUT2D eigenvalue weighted by Gasteiger charge is -2.53. The highest BCUT2D eigenvalue weighted by molar-refractivity contribution is 6.16. The maximum Gasteiger partial charge on any atom is 0.230 e. The van der Waals surface area contributed by atoms with Crippen LogP contribution in [-0.4, -0.2) is 94.8 Å². The van der Waals surface area contributed by atoms with Crippen LogP contribution >= 0.6 is 0 Å². The number of aliphatic hydroxyl groups excluding tert-OH is 2. The summed E-state index contributed by atoms with van der Waals surface area (Å²) in [6, 6.07) is 1.32. The van der Waals surface area contributed by atoms with Crippen LogP contribution in [-0.2, 0) is 22.6 Å². The van der Waals surface area contributed by atoms with Gasteiger partial charge in [-0.15, -0.1) is 0 Å². The summed E-state index contributed by atoms with van der Waals surface area (Å²) in [6.07, 6.45) is 4.48. The molecule has 0 radical (unpaired) electrons. The zero-order chi connectivity index (χ0) is 30.0. The summed E-state index contributed by atoms with van der Waals surface area (Å²) >= 11 is 0. The largest absolute Gasteiger partial charge is 0.508 e. The van der Waals surface area contributed by atoms with Gasteiger partial charge < -0.3 is 41.3 Å². The number of benzene rings is 1. The normalized spacial score (nSPS) is 32.0. The number of ketones is 2. The minimum Gasteiger partial charge on any atom is -0.508 e. The lowest BCUT2D eigenvalue weighted by atomic mass is 9.56. The predicted molar refractivity (Wildman–Crippen MR) is 152 cm³/mol. The summed E-state index contributed by atoms with van der Waals surface area (Å²) in [5.74, 6) is -7.25. The molecule has 4 aliphatic rings. The van der Waals surface area contributed by atoms with Crippen molar-refractivity contribution in [1.82, 2.24) is 10.2 Å². The molecule has 224 valence electrons. The second-order valence-electron chi connectivity index (χ2n) is 12.7. The van der Waals surface area contributed by atoms with Gasteiger partial charge in [-0.2, -0.15) is 0 Å². The van der Waals surface area contributed by atoms with Gasteiger partial charge in [0.05, 0.1) is 11.7 Å². The van der Waals surface area contributed by atoms with Crippen molar-refractivity contribution in [2.75, 3.05) is 33.1 Å². The monoisotopic (exact) mass is 570 g/mol. The van der Waals surface area contributed by atoms with E-state index in [-0.39, 0.29) is 29.7 Å². The molecular weight excluding hydrogens is 528 g/mol. The van der Waals surface area contributed by atoms with Gasteiger partial charge in [0, 0.05) is 55.5 Å². The fourth-order valence-electron chi connectivity index (χ4n) is 7.80. The van der Waals surface area contributed by atoms with E-state index in [0.29, 0.717) is 23.7 Å². The van der Waals surface area contributed by atoms with Gasteiger partial charge >= 0.3 is 0 Å². The Hall–Kier alpha value is -2.99. The highest BCUT2D eigenvalue weighted by Gasteiger charge is 2.66. The molecule has 0 aliphatic heterocycles. The number of aromatic hydroxyl groups is 1. The van der Waals surface area contributed by atoms with Crippen molar-refractivity contribution in [2.24, 2.45) is 23.5 Å². The number of fused-ring (bicyclic) bond motifs is 3. The van der Waals surface area contributed by atoms with Crippen LogP contribution in [0.5, 0.6) is 5.75 Å². The number of Topliss-reactive ketones (excluding diaryl/α,β-unsaturated/α-hetero) is 2. The molecule has 1 aromatic carbocycles. The van der Waals surface area contributed by atoms with Crippen LogP contribution in [0.3, 0.4) is 0 Å². The highest BCUT2D eigenvalue weighted by atomic mass is 16.3. The molecule has 41 heavy (non-hydrogen) atoms. The summed E-state index contributed by atoms with van der Waals surface area (Å²) in [7, 11) is 7.01. The van der Waals surface area contributed by atoms with E-state index in [0.717, 1.165) is 31.4 Å². The highest BCUT2D eigenvalue weighted by Crippen LogP contribution is 2.53. The van der Waals surface area contributed by atoms with Crippen LogP contribution in [0.15, 0.2) is 17.4 Å². The molecule has 5 rings (SSSR count). The van der Waals surface area contributed by atoms with E-state index in [2.05, 4.69) is 5.32 Å².